The molecule has 0 aromatic carbocycles. The van der Waals surface area contributed by atoms with Crippen LogP contribution in [0.2, 0.25) is 0 Å². The molecule has 1 unspecified atom stereocenters. The van der Waals surface area contributed by atoms with Crippen LogP contribution in [0.4, 0.5) is 0 Å². The highest BCUT2D eigenvalue weighted by Crippen LogP contribution is 2.45. The molecule has 2 N–H and O–H groups in total. The van der Waals surface area contributed by atoms with E-state index in [0.29, 0.717) is 19.0 Å². The average molecular weight is 301 g/mol. The number of hydrogen-bond donors (Lipinski definition) is 2. The zero-order valence-corrected chi connectivity index (χ0v) is 13.4. The second-order valence-corrected chi connectivity index (χ2v) is 9.10. The molecule has 2 saturated carbocycles. The summed E-state index contributed by atoms with van der Waals surface area (Å²) in [5.74, 6) is 0.638. The van der Waals surface area contributed by atoms with Gasteiger partial charge in [0.1, 0.15) is 0 Å². The summed E-state index contributed by atoms with van der Waals surface area (Å²) in [6.45, 7) is 6.60. The molecule has 1 aliphatic heterocycles. The minimum absolute atomic E-state index is 0.127. The number of hydrogen-bond acceptors (Lipinski definition) is 3. The molecule has 0 aromatic rings. The summed E-state index contributed by atoms with van der Waals surface area (Å²) in [5, 5.41) is 3.55. The molecule has 0 spiro atoms. The van der Waals surface area contributed by atoms with Crippen LogP contribution in [0.15, 0.2) is 0 Å². The average Bonchev–Trinajstić information content (AvgIpc) is 3.27. The Balaban J connectivity index is 1.44. The lowest BCUT2D eigenvalue weighted by atomic mass is 9.98. The Morgan fingerprint density at radius 2 is 1.75 bits per heavy atom. The smallest absolute Gasteiger partial charge is 0.279 e. The molecule has 0 radical (unpaired) electrons. The van der Waals surface area contributed by atoms with Crippen molar-refractivity contribution in [3.8, 4) is 0 Å². The third-order valence-corrected chi connectivity index (χ3v) is 6.62. The highest BCUT2D eigenvalue weighted by atomic mass is 32.2. The van der Waals surface area contributed by atoms with E-state index in [4.69, 9.17) is 0 Å². The van der Waals surface area contributed by atoms with Gasteiger partial charge in [0.15, 0.2) is 0 Å². The van der Waals surface area contributed by atoms with Crippen LogP contribution < -0.4 is 10.0 Å². The molecular formula is C14H27N3O2S. The maximum absolute atomic E-state index is 12.3. The van der Waals surface area contributed by atoms with Crippen LogP contribution in [-0.4, -0.2) is 44.4 Å². The second-order valence-electron chi connectivity index (χ2n) is 7.39. The zero-order chi connectivity index (χ0) is 14.4. The van der Waals surface area contributed by atoms with E-state index >= 15 is 0 Å². The van der Waals surface area contributed by atoms with Gasteiger partial charge in [-0.05, 0) is 50.0 Å². The fourth-order valence-corrected chi connectivity index (χ4v) is 4.50. The van der Waals surface area contributed by atoms with E-state index in [0.717, 1.165) is 31.8 Å². The molecule has 5 nitrogen and oxygen atoms in total. The van der Waals surface area contributed by atoms with Gasteiger partial charge in [-0.2, -0.15) is 17.4 Å². The standard InChI is InChI=1S/C14H27N3O2S/c1-14(2)9-13(14)16-20(18,19)17-7-5-11(6-8-17)10-15-12-3-4-12/h11-13,15-16H,3-10H2,1-2H3. The Morgan fingerprint density at radius 1 is 1.15 bits per heavy atom. The van der Waals surface area contributed by atoms with E-state index in [-0.39, 0.29) is 11.5 Å². The Labute approximate surface area is 122 Å². The van der Waals surface area contributed by atoms with Gasteiger partial charge < -0.3 is 5.32 Å². The molecule has 1 heterocycles. The van der Waals surface area contributed by atoms with Crippen molar-refractivity contribution in [3.05, 3.63) is 0 Å². The van der Waals surface area contributed by atoms with Gasteiger partial charge in [0.05, 0.1) is 0 Å². The van der Waals surface area contributed by atoms with Crippen molar-refractivity contribution in [1.29, 1.82) is 0 Å². The number of nitrogens with one attached hydrogen (secondary N) is 2. The van der Waals surface area contributed by atoms with Gasteiger partial charge in [-0.25, -0.2) is 0 Å². The van der Waals surface area contributed by atoms with E-state index in [9.17, 15) is 8.42 Å². The van der Waals surface area contributed by atoms with Crippen molar-refractivity contribution in [3.63, 3.8) is 0 Å². The highest BCUT2D eigenvalue weighted by molar-refractivity contribution is 7.87. The van der Waals surface area contributed by atoms with Crippen LogP contribution in [0.25, 0.3) is 0 Å². The van der Waals surface area contributed by atoms with Gasteiger partial charge >= 0.3 is 0 Å². The molecule has 20 heavy (non-hydrogen) atoms. The molecule has 0 bridgehead atoms. The van der Waals surface area contributed by atoms with Crippen molar-refractivity contribution in [2.75, 3.05) is 19.6 Å². The van der Waals surface area contributed by atoms with Crippen molar-refractivity contribution in [2.45, 2.75) is 58.0 Å². The monoisotopic (exact) mass is 301 g/mol. The predicted molar refractivity (Wildman–Crippen MR) is 79.6 cm³/mol. The Hall–Kier alpha value is -0.170. The first-order valence-electron chi connectivity index (χ1n) is 7.88. The molecule has 3 aliphatic rings. The molecule has 2 aliphatic carbocycles. The van der Waals surface area contributed by atoms with Gasteiger partial charge in [0.2, 0.25) is 0 Å². The highest BCUT2D eigenvalue weighted by Gasteiger charge is 2.48. The Bertz CT molecular complexity index is 451. The molecule has 1 atom stereocenters. The Kier molecular flexibility index (Phi) is 3.86. The lowest BCUT2D eigenvalue weighted by Gasteiger charge is -2.31. The Morgan fingerprint density at radius 3 is 2.25 bits per heavy atom. The topological polar surface area (TPSA) is 61.4 Å². The maximum atomic E-state index is 12.3. The summed E-state index contributed by atoms with van der Waals surface area (Å²) in [7, 11) is -3.27. The summed E-state index contributed by atoms with van der Waals surface area (Å²) < 4.78 is 29.1. The van der Waals surface area contributed by atoms with Crippen LogP contribution in [0.5, 0.6) is 0 Å². The van der Waals surface area contributed by atoms with E-state index in [1.807, 2.05) is 0 Å². The summed E-state index contributed by atoms with van der Waals surface area (Å²) in [5.41, 5.74) is 0.138. The molecular weight excluding hydrogens is 274 g/mol. The minimum Gasteiger partial charge on any atom is -0.314 e. The van der Waals surface area contributed by atoms with Crippen molar-refractivity contribution >= 4 is 10.2 Å². The van der Waals surface area contributed by atoms with E-state index in [1.165, 1.54) is 12.8 Å². The predicted octanol–water partition coefficient (Wildman–Crippen LogP) is 1.08. The fraction of sp³-hybridized carbons (Fsp3) is 1.00. The molecule has 0 amide bonds. The molecule has 0 aromatic heterocycles. The first-order valence-corrected chi connectivity index (χ1v) is 9.32. The van der Waals surface area contributed by atoms with Gasteiger partial charge in [-0.3, -0.25) is 0 Å². The number of nitrogens with zero attached hydrogens (tertiary/aromatic N) is 1. The maximum Gasteiger partial charge on any atom is 0.279 e. The van der Waals surface area contributed by atoms with Crippen LogP contribution in [-0.2, 0) is 10.2 Å². The molecule has 6 heteroatoms. The first-order chi connectivity index (χ1) is 9.37. The van der Waals surface area contributed by atoms with E-state index in [1.54, 1.807) is 4.31 Å². The molecule has 3 rings (SSSR count). The van der Waals surface area contributed by atoms with Crippen molar-refractivity contribution in [1.82, 2.24) is 14.3 Å². The van der Waals surface area contributed by atoms with Crippen LogP contribution in [0.1, 0.15) is 46.0 Å². The lowest BCUT2D eigenvalue weighted by molar-refractivity contribution is 0.264. The SMILES string of the molecule is CC1(C)CC1NS(=O)(=O)N1CCC(CNC2CC2)CC1. The van der Waals surface area contributed by atoms with Gasteiger partial charge in [0.25, 0.3) is 10.2 Å². The molecule has 116 valence electrons. The normalized spacial score (nSPS) is 31.4. The second kappa shape index (κ2) is 5.23. The molecule has 1 saturated heterocycles. The van der Waals surface area contributed by atoms with Crippen molar-refractivity contribution in [2.24, 2.45) is 11.3 Å². The van der Waals surface area contributed by atoms with E-state index < -0.39 is 10.2 Å². The third kappa shape index (κ3) is 3.53. The van der Waals surface area contributed by atoms with Crippen LogP contribution >= 0.6 is 0 Å². The zero-order valence-electron chi connectivity index (χ0n) is 12.6. The summed E-state index contributed by atoms with van der Waals surface area (Å²) in [6, 6.07) is 0.872. The minimum atomic E-state index is -3.27. The quantitative estimate of drug-likeness (QED) is 0.772. The van der Waals surface area contributed by atoms with Crippen molar-refractivity contribution < 1.29 is 8.42 Å². The fourth-order valence-electron chi connectivity index (χ4n) is 2.90. The number of rotatable bonds is 6. The van der Waals surface area contributed by atoms with Crippen LogP contribution in [0.3, 0.4) is 0 Å². The molecule has 3 fully saturated rings. The lowest BCUT2D eigenvalue weighted by Crippen LogP contribution is -2.47. The summed E-state index contributed by atoms with van der Waals surface area (Å²) in [4.78, 5) is 0. The first kappa shape index (κ1) is 14.8. The third-order valence-electron chi connectivity index (χ3n) is 4.99. The van der Waals surface area contributed by atoms with Crippen LogP contribution in [0, 0.1) is 11.3 Å². The number of piperidine rings is 1. The van der Waals surface area contributed by atoms with E-state index in [2.05, 4.69) is 23.9 Å². The summed E-state index contributed by atoms with van der Waals surface area (Å²) >= 11 is 0. The van der Waals surface area contributed by atoms with Gasteiger partial charge in [-0.15, -0.1) is 0 Å². The summed E-state index contributed by atoms with van der Waals surface area (Å²) in [6.07, 6.45) is 5.54. The largest absolute Gasteiger partial charge is 0.314 e. The van der Waals surface area contributed by atoms with Gasteiger partial charge in [0, 0.05) is 25.2 Å². The van der Waals surface area contributed by atoms with Gasteiger partial charge in [-0.1, -0.05) is 13.8 Å².